The molecular formula is C15H19N3O3S. The van der Waals surface area contributed by atoms with Crippen molar-refractivity contribution in [3.05, 3.63) is 59.4 Å². The maximum absolute atomic E-state index is 11.9. The molecule has 2 N–H and O–H groups in total. The molecule has 0 saturated carbocycles. The van der Waals surface area contributed by atoms with Gasteiger partial charge in [-0.05, 0) is 36.2 Å². The Bertz CT molecular complexity index is 746. The maximum atomic E-state index is 11.9. The van der Waals surface area contributed by atoms with Crippen LogP contribution in [0.2, 0.25) is 0 Å². The lowest BCUT2D eigenvalue weighted by Crippen LogP contribution is -2.29. The highest BCUT2D eigenvalue weighted by atomic mass is 32.2. The standard InChI is InChI=1S/C15H19N3O3S/c1-11-7-8-12(15(19)13-6-4-5-9-16-13)10-14(11)17-22(20,21)18(2)3/h4-10,15,17,19H,1-3H3/t15-/m1/s1. The van der Waals surface area contributed by atoms with E-state index < -0.39 is 16.3 Å². The number of benzene rings is 1. The van der Waals surface area contributed by atoms with E-state index in [1.165, 1.54) is 14.1 Å². The number of pyridine rings is 1. The van der Waals surface area contributed by atoms with Gasteiger partial charge in [0.15, 0.2) is 0 Å². The fourth-order valence-electron chi connectivity index (χ4n) is 1.86. The molecule has 1 heterocycles. The Kier molecular flexibility index (Phi) is 4.80. The lowest BCUT2D eigenvalue weighted by Gasteiger charge is -2.17. The number of aromatic nitrogens is 1. The lowest BCUT2D eigenvalue weighted by molar-refractivity contribution is 0.215. The number of rotatable bonds is 5. The van der Waals surface area contributed by atoms with Crippen molar-refractivity contribution in [1.29, 1.82) is 0 Å². The zero-order chi connectivity index (χ0) is 16.3. The Hall–Kier alpha value is -1.96. The van der Waals surface area contributed by atoms with E-state index in [0.717, 1.165) is 9.87 Å². The van der Waals surface area contributed by atoms with Crippen LogP contribution in [-0.4, -0.2) is 36.9 Å². The summed E-state index contributed by atoms with van der Waals surface area (Å²) in [5, 5.41) is 10.4. The summed E-state index contributed by atoms with van der Waals surface area (Å²) in [4.78, 5) is 4.11. The number of hydrogen-bond acceptors (Lipinski definition) is 4. The van der Waals surface area contributed by atoms with Crippen LogP contribution < -0.4 is 4.72 Å². The van der Waals surface area contributed by atoms with Gasteiger partial charge >= 0.3 is 10.2 Å². The van der Waals surface area contributed by atoms with E-state index in [1.807, 2.05) is 0 Å². The van der Waals surface area contributed by atoms with Crippen LogP contribution in [0.25, 0.3) is 0 Å². The van der Waals surface area contributed by atoms with Crippen molar-refractivity contribution < 1.29 is 13.5 Å². The van der Waals surface area contributed by atoms with Gasteiger partial charge in [-0.15, -0.1) is 0 Å². The van der Waals surface area contributed by atoms with Crippen molar-refractivity contribution in [2.75, 3.05) is 18.8 Å². The molecule has 0 fully saturated rings. The van der Waals surface area contributed by atoms with Crippen molar-refractivity contribution in [3.63, 3.8) is 0 Å². The lowest BCUT2D eigenvalue weighted by atomic mass is 10.0. The van der Waals surface area contributed by atoms with E-state index in [0.29, 0.717) is 16.9 Å². The Balaban J connectivity index is 2.35. The molecule has 22 heavy (non-hydrogen) atoms. The summed E-state index contributed by atoms with van der Waals surface area (Å²) in [7, 11) is -0.697. The number of anilines is 1. The molecule has 0 unspecified atom stereocenters. The molecule has 0 aliphatic heterocycles. The van der Waals surface area contributed by atoms with Gasteiger partial charge in [-0.1, -0.05) is 18.2 Å². The van der Waals surface area contributed by atoms with Gasteiger partial charge in [0.1, 0.15) is 6.10 Å². The second-order valence-electron chi connectivity index (χ2n) is 5.12. The first-order valence-electron chi connectivity index (χ1n) is 6.71. The van der Waals surface area contributed by atoms with Crippen molar-refractivity contribution >= 4 is 15.9 Å². The minimum Gasteiger partial charge on any atom is -0.382 e. The van der Waals surface area contributed by atoms with Crippen LogP contribution in [0.3, 0.4) is 0 Å². The van der Waals surface area contributed by atoms with Crippen molar-refractivity contribution in [2.24, 2.45) is 0 Å². The first-order chi connectivity index (χ1) is 10.3. The molecule has 0 aliphatic carbocycles. The Morgan fingerprint density at radius 2 is 1.95 bits per heavy atom. The number of aryl methyl sites for hydroxylation is 1. The first-order valence-corrected chi connectivity index (χ1v) is 8.15. The predicted octanol–water partition coefficient (Wildman–Crippen LogP) is 1.69. The second-order valence-corrected chi connectivity index (χ2v) is 7.01. The number of nitrogens with one attached hydrogen (secondary N) is 1. The van der Waals surface area contributed by atoms with E-state index in [4.69, 9.17) is 0 Å². The van der Waals surface area contributed by atoms with Crippen molar-refractivity contribution in [2.45, 2.75) is 13.0 Å². The van der Waals surface area contributed by atoms with Gasteiger partial charge in [0.05, 0.1) is 11.4 Å². The SMILES string of the molecule is Cc1ccc([C@@H](O)c2ccccn2)cc1NS(=O)(=O)N(C)C. The van der Waals surface area contributed by atoms with Crippen LogP contribution in [0.5, 0.6) is 0 Å². The molecule has 2 rings (SSSR count). The summed E-state index contributed by atoms with van der Waals surface area (Å²) in [6, 6.07) is 10.4. The molecular weight excluding hydrogens is 302 g/mol. The molecule has 0 spiro atoms. The second kappa shape index (κ2) is 6.43. The van der Waals surface area contributed by atoms with Crippen LogP contribution >= 0.6 is 0 Å². The fourth-order valence-corrected chi connectivity index (χ4v) is 2.54. The molecule has 7 heteroatoms. The monoisotopic (exact) mass is 321 g/mol. The third kappa shape index (κ3) is 3.62. The van der Waals surface area contributed by atoms with Crippen LogP contribution in [-0.2, 0) is 10.2 Å². The number of aliphatic hydroxyl groups is 1. The van der Waals surface area contributed by atoms with Crippen LogP contribution in [0.1, 0.15) is 22.9 Å². The molecule has 0 saturated heterocycles. The van der Waals surface area contributed by atoms with Gasteiger partial charge in [0.2, 0.25) is 0 Å². The van der Waals surface area contributed by atoms with E-state index in [2.05, 4.69) is 9.71 Å². The van der Waals surface area contributed by atoms with Gasteiger partial charge in [-0.25, -0.2) is 0 Å². The molecule has 2 aromatic rings. The summed E-state index contributed by atoms with van der Waals surface area (Å²) < 4.78 is 27.5. The highest BCUT2D eigenvalue weighted by Crippen LogP contribution is 2.26. The van der Waals surface area contributed by atoms with Gasteiger partial charge in [-0.3, -0.25) is 9.71 Å². The average Bonchev–Trinajstić information content (AvgIpc) is 2.49. The Morgan fingerprint density at radius 1 is 1.23 bits per heavy atom. The largest absolute Gasteiger partial charge is 0.382 e. The molecule has 0 radical (unpaired) electrons. The van der Waals surface area contributed by atoms with Crippen LogP contribution in [0.15, 0.2) is 42.6 Å². The molecule has 0 amide bonds. The van der Waals surface area contributed by atoms with Gasteiger partial charge in [0.25, 0.3) is 0 Å². The normalized spacial score (nSPS) is 13.1. The average molecular weight is 321 g/mol. The Morgan fingerprint density at radius 3 is 2.55 bits per heavy atom. The smallest absolute Gasteiger partial charge is 0.301 e. The summed E-state index contributed by atoms with van der Waals surface area (Å²) in [5.74, 6) is 0. The first kappa shape index (κ1) is 16.4. The molecule has 1 atom stereocenters. The highest BCUT2D eigenvalue weighted by molar-refractivity contribution is 7.90. The van der Waals surface area contributed by atoms with E-state index in [9.17, 15) is 13.5 Å². The molecule has 1 aromatic heterocycles. The summed E-state index contributed by atoms with van der Waals surface area (Å²) in [5.41, 5.74) is 2.28. The minimum atomic E-state index is -3.59. The van der Waals surface area contributed by atoms with E-state index >= 15 is 0 Å². The van der Waals surface area contributed by atoms with Gasteiger partial charge in [-0.2, -0.15) is 12.7 Å². The quantitative estimate of drug-likeness (QED) is 0.878. The van der Waals surface area contributed by atoms with Crippen LogP contribution in [0.4, 0.5) is 5.69 Å². The number of hydrogen-bond donors (Lipinski definition) is 2. The van der Waals surface area contributed by atoms with Crippen molar-refractivity contribution in [1.82, 2.24) is 9.29 Å². The molecule has 1 aromatic carbocycles. The Labute approximate surface area is 130 Å². The molecule has 118 valence electrons. The predicted molar refractivity (Wildman–Crippen MR) is 85.7 cm³/mol. The minimum absolute atomic E-state index is 0.432. The summed E-state index contributed by atoms with van der Waals surface area (Å²) in [6.45, 7) is 1.80. The zero-order valence-corrected chi connectivity index (χ0v) is 13.5. The van der Waals surface area contributed by atoms with E-state index in [1.54, 1.807) is 49.5 Å². The maximum Gasteiger partial charge on any atom is 0.301 e. The fraction of sp³-hybridized carbons (Fsp3) is 0.267. The third-order valence-corrected chi connectivity index (χ3v) is 4.70. The van der Waals surface area contributed by atoms with E-state index in [-0.39, 0.29) is 0 Å². The van der Waals surface area contributed by atoms with Crippen molar-refractivity contribution in [3.8, 4) is 0 Å². The summed E-state index contributed by atoms with van der Waals surface area (Å²) in [6.07, 6.45) is 0.687. The zero-order valence-electron chi connectivity index (χ0n) is 12.7. The third-order valence-electron chi connectivity index (χ3n) is 3.26. The summed E-state index contributed by atoms with van der Waals surface area (Å²) >= 11 is 0. The van der Waals surface area contributed by atoms with Crippen LogP contribution in [0, 0.1) is 6.92 Å². The van der Waals surface area contributed by atoms with Gasteiger partial charge in [0, 0.05) is 20.3 Å². The molecule has 0 aliphatic rings. The number of nitrogens with zero attached hydrogens (tertiary/aromatic N) is 2. The topological polar surface area (TPSA) is 82.5 Å². The highest BCUT2D eigenvalue weighted by Gasteiger charge is 2.17. The number of aliphatic hydroxyl groups excluding tert-OH is 1. The van der Waals surface area contributed by atoms with Gasteiger partial charge < -0.3 is 5.11 Å². The molecule has 6 nitrogen and oxygen atoms in total. The molecule has 0 bridgehead atoms.